The summed E-state index contributed by atoms with van der Waals surface area (Å²) in [5, 5.41) is 4.27. The van der Waals surface area contributed by atoms with Crippen molar-refractivity contribution in [3.8, 4) is 17.0 Å². The zero-order chi connectivity index (χ0) is 26.6. The summed E-state index contributed by atoms with van der Waals surface area (Å²) in [5.74, 6) is 0.232. The molecule has 2 heterocycles. The lowest BCUT2D eigenvalue weighted by Crippen LogP contribution is -2.21. The maximum atomic E-state index is 13.6. The molecule has 1 amide bonds. The van der Waals surface area contributed by atoms with Gasteiger partial charge in [0.1, 0.15) is 5.56 Å². The van der Waals surface area contributed by atoms with Crippen LogP contribution in [0.25, 0.3) is 22.2 Å². The molecule has 0 bridgehead atoms. The lowest BCUT2D eigenvalue weighted by molar-refractivity contribution is 0.102. The first-order valence-electron chi connectivity index (χ1n) is 12.6. The molecule has 0 spiro atoms. The average molecular weight is 524 g/mol. The van der Waals surface area contributed by atoms with Gasteiger partial charge >= 0.3 is 0 Å². The molecule has 0 saturated carbocycles. The number of fused-ring (bicyclic) bond motifs is 1. The Hall–Kier alpha value is -4.23. The van der Waals surface area contributed by atoms with Crippen molar-refractivity contribution in [3.63, 3.8) is 0 Å². The summed E-state index contributed by atoms with van der Waals surface area (Å²) in [6, 6.07) is 23.5. The summed E-state index contributed by atoms with van der Waals surface area (Å²) >= 11 is 1.48. The molecule has 0 fully saturated rings. The minimum Gasteiger partial charge on any atom is -0.493 e. The van der Waals surface area contributed by atoms with Crippen molar-refractivity contribution in [2.75, 3.05) is 12.4 Å². The van der Waals surface area contributed by atoms with Crippen LogP contribution in [0.3, 0.4) is 0 Å². The second kappa shape index (κ2) is 11.0. The van der Waals surface area contributed by atoms with Gasteiger partial charge in [0.2, 0.25) is 5.55 Å². The Bertz CT molecular complexity index is 1680. The molecule has 1 N–H and O–H groups in total. The molecule has 5 aromatic rings. The Balaban J connectivity index is 1.57. The van der Waals surface area contributed by atoms with Crippen molar-refractivity contribution in [1.82, 2.24) is 4.98 Å². The summed E-state index contributed by atoms with van der Waals surface area (Å²) in [7, 11) is 1.59. The number of thiazole rings is 1. The van der Waals surface area contributed by atoms with Gasteiger partial charge < -0.3 is 9.15 Å². The van der Waals surface area contributed by atoms with Gasteiger partial charge in [-0.1, -0.05) is 62.4 Å². The lowest BCUT2D eigenvalue weighted by Gasteiger charge is -2.08. The van der Waals surface area contributed by atoms with Crippen molar-refractivity contribution >= 4 is 39.0 Å². The number of amides is 1. The first-order chi connectivity index (χ1) is 18.5. The Kier molecular flexibility index (Phi) is 7.38. The molecule has 0 aliphatic carbocycles. The van der Waals surface area contributed by atoms with Crippen molar-refractivity contribution in [2.24, 2.45) is 4.99 Å². The Morgan fingerprint density at radius 1 is 1.03 bits per heavy atom. The van der Waals surface area contributed by atoms with E-state index < -0.39 is 0 Å². The number of hydrogen-bond donors (Lipinski definition) is 1. The Labute approximate surface area is 225 Å². The number of para-hydroxylation sites is 1. The molecule has 0 unspecified atom stereocenters. The molecule has 38 heavy (non-hydrogen) atoms. The fraction of sp³-hybridized carbons (Fsp3) is 0.194. The molecular weight excluding hydrogens is 494 g/mol. The quantitative estimate of drug-likeness (QED) is 0.240. The van der Waals surface area contributed by atoms with Gasteiger partial charge in [-0.2, -0.15) is 0 Å². The minimum atomic E-state index is -0.339. The van der Waals surface area contributed by atoms with E-state index in [-0.39, 0.29) is 11.5 Å². The van der Waals surface area contributed by atoms with Gasteiger partial charge in [0, 0.05) is 15.8 Å². The van der Waals surface area contributed by atoms with Crippen LogP contribution < -0.4 is 15.6 Å². The smallest absolute Gasteiger partial charge is 0.262 e. The average Bonchev–Trinajstić information content (AvgIpc) is 3.35. The molecular formula is C31H29N3O3S. The molecule has 6 nitrogen and oxygen atoms in total. The second-order valence-corrected chi connectivity index (χ2v) is 10.0. The third-order valence-electron chi connectivity index (χ3n) is 6.31. The molecule has 0 saturated heterocycles. The number of aromatic nitrogens is 1. The van der Waals surface area contributed by atoms with Crippen molar-refractivity contribution in [3.05, 3.63) is 99.9 Å². The van der Waals surface area contributed by atoms with Crippen LogP contribution in [0.1, 0.15) is 40.2 Å². The van der Waals surface area contributed by atoms with Crippen LogP contribution >= 0.6 is 11.3 Å². The molecule has 0 atom stereocenters. The number of carbonyl (C=O) groups is 1. The second-order valence-electron chi connectivity index (χ2n) is 8.94. The standard InChI is InChI=1S/C31H29N3O3S/c1-5-20-13-15-21(16-14-20)27-26(6-2)38-31(33-27)34-29(35)24-18-22-10-8-12-25(36-4)28(22)37-30(24)32-23-11-7-9-19(3)17-23/h7-18H,5-6H2,1-4H3,(H,33,34,35). The maximum absolute atomic E-state index is 13.6. The number of aryl methyl sites for hydroxylation is 3. The third-order valence-corrected chi connectivity index (χ3v) is 7.42. The summed E-state index contributed by atoms with van der Waals surface area (Å²) in [6.07, 6.45) is 1.80. The van der Waals surface area contributed by atoms with E-state index in [2.05, 4.69) is 43.4 Å². The SMILES string of the molecule is CCc1ccc(-c2nc(NC(=O)c3cc4cccc(OC)c4oc3=Nc3cccc(C)c3)sc2CC)cc1. The predicted molar refractivity (Wildman–Crippen MR) is 153 cm³/mol. The van der Waals surface area contributed by atoms with Crippen LogP contribution in [0.4, 0.5) is 10.8 Å². The van der Waals surface area contributed by atoms with Gasteiger partial charge in [-0.15, -0.1) is 11.3 Å². The fourth-order valence-electron chi connectivity index (χ4n) is 4.28. The van der Waals surface area contributed by atoms with Gasteiger partial charge in [-0.05, 0) is 55.2 Å². The van der Waals surface area contributed by atoms with Crippen molar-refractivity contribution < 1.29 is 13.9 Å². The number of nitrogens with zero attached hydrogens (tertiary/aromatic N) is 2. The Morgan fingerprint density at radius 3 is 2.53 bits per heavy atom. The largest absolute Gasteiger partial charge is 0.493 e. The summed E-state index contributed by atoms with van der Waals surface area (Å²) in [6.45, 7) is 6.23. The fourth-order valence-corrected chi connectivity index (χ4v) is 5.20. The topological polar surface area (TPSA) is 76.7 Å². The summed E-state index contributed by atoms with van der Waals surface area (Å²) < 4.78 is 11.7. The van der Waals surface area contributed by atoms with E-state index >= 15 is 0 Å². The number of anilines is 1. The van der Waals surface area contributed by atoms with Gasteiger partial charge in [0.05, 0.1) is 18.5 Å². The number of carbonyl (C=O) groups excluding carboxylic acids is 1. The highest BCUT2D eigenvalue weighted by Gasteiger charge is 2.18. The summed E-state index contributed by atoms with van der Waals surface area (Å²) in [4.78, 5) is 24.2. The molecule has 192 valence electrons. The number of nitrogens with one attached hydrogen (secondary N) is 1. The van der Waals surface area contributed by atoms with Crippen LogP contribution in [-0.4, -0.2) is 18.0 Å². The van der Waals surface area contributed by atoms with Crippen molar-refractivity contribution in [2.45, 2.75) is 33.6 Å². The minimum absolute atomic E-state index is 0.202. The first-order valence-corrected chi connectivity index (χ1v) is 13.4. The number of hydrogen-bond acceptors (Lipinski definition) is 6. The predicted octanol–water partition coefficient (Wildman–Crippen LogP) is 7.48. The van der Waals surface area contributed by atoms with Gasteiger partial charge in [0.25, 0.3) is 5.91 Å². The zero-order valence-electron chi connectivity index (χ0n) is 21.9. The van der Waals surface area contributed by atoms with E-state index in [1.807, 2.05) is 49.4 Å². The molecule has 7 heteroatoms. The monoisotopic (exact) mass is 523 g/mol. The zero-order valence-corrected chi connectivity index (χ0v) is 22.7. The highest BCUT2D eigenvalue weighted by atomic mass is 32.1. The van der Waals surface area contributed by atoms with Crippen LogP contribution in [0.5, 0.6) is 5.75 Å². The number of rotatable bonds is 7. The first kappa shape index (κ1) is 25.4. The molecule has 0 radical (unpaired) electrons. The van der Waals surface area contributed by atoms with E-state index in [0.717, 1.165) is 39.9 Å². The molecule has 0 aliphatic heterocycles. The molecule has 2 aromatic heterocycles. The summed E-state index contributed by atoms with van der Waals surface area (Å²) in [5.41, 5.74) is 6.01. The van der Waals surface area contributed by atoms with Crippen LogP contribution in [0.15, 0.2) is 82.2 Å². The number of methoxy groups -OCH3 is 1. The molecule has 5 rings (SSSR count). The van der Waals surface area contributed by atoms with Crippen LogP contribution in [-0.2, 0) is 12.8 Å². The highest BCUT2D eigenvalue weighted by molar-refractivity contribution is 7.16. The molecule has 0 aliphatic rings. The van der Waals surface area contributed by atoms with Crippen molar-refractivity contribution in [1.29, 1.82) is 0 Å². The van der Waals surface area contributed by atoms with Crippen LogP contribution in [0, 0.1) is 6.92 Å². The third kappa shape index (κ3) is 5.24. The lowest BCUT2D eigenvalue weighted by atomic mass is 10.1. The van der Waals surface area contributed by atoms with Gasteiger partial charge in [-0.25, -0.2) is 9.98 Å². The maximum Gasteiger partial charge on any atom is 0.262 e. The van der Waals surface area contributed by atoms with Gasteiger partial charge in [-0.3, -0.25) is 10.1 Å². The van der Waals surface area contributed by atoms with E-state index in [1.54, 1.807) is 13.2 Å². The highest BCUT2D eigenvalue weighted by Crippen LogP contribution is 2.32. The number of benzene rings is 3. The number of ether oxygens (including phenoxy) is 1. The van der Waals surface area contributed by atoms with E-state index in [4.69, 9.17) is 19.1 Å². The van der Waals surface area contributed by atoms with Crippen LogP contribution in [0.2, 0.25) is 0 Å². The Morgan fingerprint density at radius 2 is 1.82 bits per heavy atom. The van der Waals surface area contributed by atoms with E-state index in [0.29, 0.717) is 27.7 Å². The van der Waals surface area contributed by atoms with E-state index in [1.165, 1.54) is 16.9 Å². The normalized spacial score (nSPS) is 11.6. The van der Waals surface area contributed by atoms with E-state index in [9.17, 15) is 4.79 Å². The molecule has 3 aromatic carbocycles. The van der Waals surface area contributed by atoms with Gasteiger partial charge in [0.15, 0.2) is 16.5 Å².